The minimum atomic E-state index is 0.148. The average Bonchev–Trinajstić information content (AvgIpc) is 2.86. The summed E-state index contributed by atoms with van der Waals surface area (Å²) in [5, 5.41) is 18.1. The van der Waals surface area contributed by atoms with E-state index >= 15 is 0 Å². The standard InChI is InChI=1S/C27H39N3O3/c1-2-3-9-26-25(21-10-12-23(13-11-21)32-22-7-5-4-6-8-22)20-27(29-28-26)33-24-14-16-30(17-15-24)18-19-31/h10-13,20,22,24,31H,2-9,14-19H2,1H3. The Morgan fingerprint density at radius 2 is 1.67 bits per heavy atom. The molecule has 0 radical (unpaired) electrons. The van der Waals surface area contributed by atoms with Gasteiger partial charge in [0.05, 0.1) is 18.4 Å². The van der Waals surface area contributed by atoms with Crippen molar-refractivity contribution in [2.24, 2.45) is 0 Å². The summed E-state index contributed by atoms with van der Waals surface area (Å²) >= 11 is 0. The molecule has 4 rings (SSSR count). The van der Waals surface area contributed by atoms with Gasteiger partial charge >= 0.3 is 0 Å². The minimum absolute atomic E-state index is 0.148. The molecule has 180 valence electrons. The number of unbranched alkanes of at least 4 members (excludes halogenated alkanes) is 1. The van der Waals surface area contributed by atoms with Crippen LogP contribution in [0.2, 0.25) is 0 Å². The number of β-amino-alcohol motifs (C(OH)–C–C–N with tert-alkyl or cyclic N) is 1. The lowest BCUT2D eigenvalue weighted by Crippen LogP contribution is -2.39. The van der Waals surface area contributed by atoms with E-state index in [9.17, 15) is 0 Å². The monoisotopic (exact) mass is 453 g/mol. The summed E-state index contributed by atoms with van der Waals surface area (Å²) in [6, 6.07) is 10.5. The van der Waals surface area contributed by atoms with Gasteiger partial charge in [0.2, 0.25) is 5.88 Å². The molecule has 2 fully saturated rings. The van der Waals surface area contributed by atoms with Gasteiger partial charge in [-0.25, -0.2) is 0 Å². The molecule has 0 amide bonds. The lowest BCUT2D eigenvalue weighted by molar-refractivity contribution is 0.0851. The fourth-order valence-corrected chi connectivity index (χ4v) is 4.89. The van der Waals surface area contributed by atoms with Crippen molar-refractivity contribution < 1.29 is 14.6 Å². The maximum absolute atomic E-state index is 9.15. The maximum atomic E-state index is 9.15. The van der Waals surface area contributed by atoms with Gasteiger partial charge in [-0.05, 0) is 69.1 Å². The van der Waals surface area contributed by atoms with Crippen LogP contribution in [0, 0.1) is 0 Å². The van der Waals surface area contributed by atoms with Gasteiger partial charge in [-0.15, -0.1) is 5.10 Å². The molecule has 1 saturated heterocycles. The van der Waals surface area contributed by atoms with E-state index in [2.05, 4.69) is 52.4 Å². The fraction of sp³-hybridized carbons (Fsp3) is 0.630. The van der Waals surface area contributed by atoms with Crippen molar-refractivity contribution in [1.29, 1.82) is 0 Å². The van der Waals surface area contributed by atoms with E-state index in [0.29, 0.717) is 12.0 Å². The summed E-state index contributed by atoms with van der Waals surface area (Å²) in [5.74, 6) is 1.56. The van der Waals surface area contributed by atoms with E-state index in [0.717, 1.165) is 87.2 Å². The van der Waals surface area contributed by atoms with E-state index in [1.165, 1.54) is 19.3 Å². The molecule has 0 bridgehead atoms. The van der Waals surface area contributed by atoms with Gasteiger partial charge in [0.15, 0.2) is 0 Å². The molecule has 6 heteroatoms. The molecule has 1 N–H and O–H groups in total. The second-order valence-corrected chi connectivity index (χ2v) is 9.43. The predicted molar refractivity (Wildman–Crippen MR) is 131 cm³/mol. The van der Waals surface area contributed by atoms with Gasteiger partial charge in [-0.2, -0.15) is 5.10 Å². The van der Waals surface area contributed by atoms with Crippen LogP contribution in [0.3, 0.4) is 0 Å². The smallest absolute Gasteiger partial charge is 0.234 e. The third-order valence-corrected chi connectivity index (χ3v) is 6.87. The molecular weight excluding hydrogens is 414 g/mol. The first-order valence-corrected chi connectivity index (χ1v) is 12.9. The minimum Gasteiger partial charge on any atom is -0.490 e. The largest absolute Gasteiger partial charge is 0.490 e. The topological polar surface area (TPSA) is 67.7 Å². The quantitative estimate of drug-likeness (QED) is 0.544. The number of benzene rings is 1. The molecule has 33 heavy (non-hydrogen) atoms. The van der Waals surface area contributed by atoms with Crippen molar-refractivity contribution in [2.75, 3.05) is 26.2 Å². The van der Waals surface area contributed by atoms with Crippen LogP contribution in [0.4, 0.5) is 0 Å². The first-order valence-electron chi connectivity index (χ1n) is 12.9. The van der Waals surface area contributed by atoms with Crippen LogP contribution < -0.4 is 9.47 Å². The van der Waals surface area contributed by atoms with E-state index < -0.39 is 0 Å². The van der Waals surface area contributed by atoms with Gasteiger partial charge in [0.1, 0.15) is 11.9 Å². The zero-order chi connectivity index (χ0) is 22.9. The summed E-state index contributed by atoms with van der Waals surface area (Å²) in [6.45, 7) is 5.05. The van der Waals surface area contributed by atoms with Crippen LogP contribution in [0.15, 0.2) is 30.3 Å². The fourth-order valence-electron chi connectivity index (χ4n) is 4.89. The van der Waals surface area contributed by atoms with Crippen LogP contribution in [-0.4, -0.2) is 58.7 Å². The van der Waals surface area contributed by atoms with Crippen molar-refractivity contribution in [3.8, 4) is 22.8 Å². The second kappa shape index (κ2) is 12.3. The van der Waals surface area contributed by atoms with E-state index in [1.807, 2.05) is 0 Å². The number of likely N-dealkylation sites (tertiary alicyclic amines) is 1. The third kappa shape index (κ3) is 6.90. The van der Waals surface area contributed by atoms with Crippen molar-refractivity contribution in [1.82, 2.24) is 15.1 Å². The summed E-state index contributed by atoms with van der Waals surface area (Å²) in [4.78, 5) is 2.28. The number of hydrogen-bond acceptors (Lipinski definition) is 6. The Hall–Kier alpha value is -2.18. The van der Waals surface area contributed by atoms with Crippen molar-refractivity contribution in [3.63, 3.8) is 0 Å². The number of nitrogens with zero attached hydrogens (tertiary/aromatic N) is 3. The molecule has 1 aromatic heterocycles. The van der Waals surface area contributed by atoms with E-state index in [4.69, 9.17) is 14.6 Å². The molecule has 0 spiro atoms. The van der Waals surface area contributed by atoms with Crippen LogP contribution in [-0.2, 0) is 6.42 Å². The molecule has 0 unspecified atom stereocenters. The van der Waals surface area contributed by atoms with E-state index in [-0.39, 0.29) is 12.7 Å². The number of aliphatic hydroxyl groups excluding tert-OH is 1. The number of aryl methyl sites for hydroxylation is 1. The molecule has 1 saturated carbocycles. The SMILES string of the molecule is CCCCc1nnc(OC2CCN(CCO)CC2)cc1-c1ccc(OC2CCCCC2)cc1. The molecule has 2 heterocycles. The Morgan fingerprint density at radius 3 is 2.36 bits per heavy atom. The van der Waals surface area contributed by atoms with Gasteiger partial charge in [0.25, 0.3) is 0 Å². The Balaban J connectivity index is 1.45. The summed E-state index contributed by atoms with van der Waals surface area (Å²) in [6.07, 6.45) is 11.7. The summed E-state index contributed by atoms with van der Waals surface area (Å²) in [7, 11) is 0. The number of aliphatic hydroxyl groups is 1. The van der Waals surface area contributed by atoms with E-state index in [1.54, 1.807) is 0 Å². The highest BCUT2D eigenvalue weighted by Gasteiger charge is 2.21. The molecule has 1 aliphatic carbocycles. The number of rotatable bonds is 10. The second-order valence-electron chi connectivity index (χ2n) is 9.43. The highest BCUT2D eigenvalue weighted by atomic mass is 16.5. The van der Waals surface area contributed by atoms with Gasteiger partial charge in [0, 0.05) is 31.3 Å². The Labute approximate surface area is 198 Å². The lowest BCUT2D eigenvalue weighted by atomic mass is 9.97. The molecule has 0 atom stereocenters. The van der Waals surface area contributed by atoms with Gasteiger partial charge in [-0.3, -0.25) is 0 Å². The molecule has 2 aromatic rings. The van der Waals surface area contributed by atoms with Gasteiger partial charge in [-0.1, -0.05) is 31.9 Å². The molecule has 2 aliphatic rings. The number of piperidine rings is 1. The van der Waals surface area contributed by atoms with Crippen molar-refractivity contribution in [3.05, 3.63) is 36.0 Å². The Kier molecular flexibility index (Phi) is 8.95. The van der Waals surface area contributed by atoms with Crippen molar-refractivity contribution in [2.45, 2.75) is 83.3 Å². The third-order valence-electron chi connectivity index (χ3n) is 6.87. The zero-order valence-corrected chi connectivity index (χ0v) is 20.0. The highest BCUT2D eigenvalue weighted by molar-refractivity contribution is 5.67. The first kappa shape index (κ1) is 24.0. The van der Waals surface area contributed by atoms with Crippen molar-refractivity contribution >= 4 is 0 Å². The molecule has 6 nitrogen and oxygen atoms in total. The Bertz CT molecular complexity index is 844. The van der Waals surface area contributed by atoms with Crippen LogP contribution in [0.1, 0.15) is 70.4 Å². The zero-order valence-electron chi connectivity index (χ0n) is 20.0. The lowest BCUT2D eigenvalue weighted by Gasteiger charge is -2.31. The Morgan fingerprint density at radius 1 is 0.939 bits per heavy atom. The number of aromatic nitrogens is 2. The average molecular weight is 454 g/mol. The summed E-state index contributed by atoms with van der Waals surface area (Å²) in [5.41, 5.74) is 3.27. The highest BCUT2D eigenvalue weighted by Crippen LogP contribution is 2.30. The molecule has 1 aromatic carbocycles. The molecular formula is C27H39N3O3. The maximum Gasteiger partial charge on any atom is 0.234 e. The number of hydrogen-bond donors (Lipinski definition) is 1. The summed E-state index contributed by atoms with van der Waals surface area (Å²) < 4.78 is 12.5. The first-order chi connectivity index (χ1) is 16.2. The van der Waals surface area contributed by atoms with Crippen LogP contribution >= 0.6 is 0 Å². The van der Waals surface area contributed by atoms with Crippen LogP contribution in [0.25, 0.3) is 11.1 Å². The van der Waals surface area contributed by atoms with Crippen LogP contribution in [0.5, 0.6) is 11.6 Å². The molecule has 1 aliphatic heterocycles. The predicted octanol–water partition coefficient (Wildman–Crippen LogP) is 5.03. The van der Waals surface area contributed by atoms with Gasteiger partial charge < -0.3 is 19.5 Å². The normalized spacial score (nSPS) is 18.4. The number of ether oxygens (including phenoxy) is 2.